The monoisotopic (exact) mass is 514 g/mol. The van der Waals surface area contributed by atoms with Crippen molar-refractivity contribution in [2.75, 3.05) is 20.2 Å². The minimum atomic E-state index is -0.270. The van der Waals surface area contributed by atoms with Crippen LogP contribution in [0.25, 0.3) is 32.2 Å². The Morgan fingerprint density at radius 3 is 3.03 bits per heavy atom. The molecule has 1 aliphatic heterocycles. The number of piperidine rings is 1. The first kappa shape index (κ1) is 23.6. The highest BCUT2D eigenvalue weighted by Gasteiger charge is 2.24. The molecule has 5 aromatic rings. The first-order valence-corrected chi connectivity index (χ1v) is 13.3. The van der Waals surface area contributed by atoms with E-state index in [9.17, 15) is 9.18 Å². The smallest absolute Gasteiger partial charge is 0.251 e. The van der Waals surface area contributed by atoms with E-state index in [0.717, 1.165) is 41.5 Å². The van der Waals surface area contributed by atoms with Gasteiger partial charge in [-0.25, -0.2) is 4.39 Å². The van der Waals surface area contributed by atoms with Crippen LogP contribution in [0.15, 0.2) is 66.0 Å². The first-order chi connectivity index (χ1) is 18.1. The van der Waals surface area contributed by atoms with Crippen LogP contribution in [-0.4, -0.2) is 47.2 Å². The number of aromatic nitrogens is 2. The first-order valence-electron chi connectivity index (χ1n) is 12.4. The molecule has 1 fully saturated rings. The number of hydrogen-bond acceptors (Lipinski definition) is 5. The molecule has 8 heteroatoms. The summed E-state index contributed by atoms with van der Waals surface area (Å²) in [6.07, 6.45) is 1.81. The maximum absolute atomic E-state index is 14.5. The second-order valence-electron chi connectivity index (χ2n) is 9.47. The lowest BCUT2D eigenvalue weighted by atomic mass is 10.0. The normalized spacial score (nSPS) is 16.3. The third-order valence-electron chi connectivity index (χ3n) is 7.07. The van der Waals surface area contributed by atoms with Gasteiger partial charge in [0.15, 0.2) is 0 Å². The van der Waals surface area contributed by atoms with Gasteiger partial charge in [0.1, 0.15) is 11.6 Å². The van der Waals surface area contributed by atoms with Crippen molar-refractivity contribution in [2.24, 2.45) is 0 Å². The summed E-state index contributed by atoms with van der Waals surface area (Å²) in [6.45, 7) is 1.95. The van der Waals surface area contributed by atoms with Crippen LogP contribution in [0.2, 0.25) is 0 Å². The van der Waals surface area contributed by atoms with Crippen molar-refractivity contribution >= 4 is 38.2 Å². The summed E-state index contributed by atoms with van der Waals surface area (Å²) in [5.41, 5.74) is 3.89. The van der Waals surface area contributed by atoms with E-state index in [2.05, 4.69) is 50.1 Å². The van der Waals surface area contributed by atoms with Gasteiger partial charge in [-0.05, 0) is 78.7 Å². The molecule has 1 atom stereocenters. The lowest BCUT2D eigenvalue weighted by Gasteiger charge is -2.33. The number of methoxy groups -OCH3 is 1. The van der Waals surface area contributed by atoms with Crippen molar-refractivity contribution in [3.8, 4) is 17.0 Å². The Morgan fingerprint density at radius 2 is 2.14 bits per heavy atom. The second kappa shape index (κ2) is 9.95. The average Bonchev–Trinajstić information content (AvgIpc) is 3.56. The highest BCUT2D eigenvalue weighted by Crippen LogP contribution is 2.31. The number of nitrogens with one attached hydrogen (secondary N) is 2. The molecule has 0 aliphatic carbocycles. The van der Waals surface area contributed by atoms with E-state index in [1.165, 1.54) is 16.2 Å². The molecular formula is C29H27FN4O2S. The predicted octanol–water partition coefficient (Wildman–Crippen LogP) is 5.99. The largest absolute Gasteiger partial charge is 0.496 e. The van der Waals surface area contributed by atoms with Crippen LogP contribution in [0.5, 0.6) is 5.75 Å². The van der Waals surface area contributed by atoms with Gasteiger partial charge in [0, 0.05) is 45.9 Å². The third-order valence-corrected chi connectivity index (χ3v) is 7.97. The number of fused-ring (bicyclic) bond motifs is 2. The number of amides is 1. The molecule has 6 nitrogen and oxygen atoms in total. The van der Waals surface area contributed by atoms with Gasteiger partial charge >= 0.3 is 0 Å². The highest BCUT2D eigenvalue weighted by atomic mass is 32.1. The lowest BCUT2D eigenvalue weighted by molar-refractivity contribution is 0.0899. The molecule has 0 unspecified atom stereocenters. The Hall–Kier alpha value is -3.75. The Morgan fingerprint density at radius 1 is 1.22 bits per heavy atom. The molecule has 188 valence electrons. The van der Waals surface area contributed by atoms with Gasteiger partial charge in [0.25, 0.3) is 5.91 Å². The fourth-order valence-corrected chi connectivity index (χ4v) is 5.95. The Labute approximate surface area is 218 Å². The number of benzene rings is 3. The van der Waals surface area contributed by atoms with E-state index < -0.39 is 0 Å². The molecule has 2 aromatic heterocycles. The molecular weight excluding hydrogens is 487 g/mol. The Bertz CT molecular complexity index is 1590. The standard InChI is InChI=1S/C29H27FN4O2S/c1-36-26-6-2-5-24(30)23(26)17-34-12-3-4-21(16-34)31-29(35)20-7-9-25-22(15-20)28(33-32-25)19-8-10-27-18(14-19)11-13-37-27/h2,5-11,13-15,21H,3-4,12,16-17H2,1H3,(H,31,35)(H,32,33)/t21-/m1/s1. The fraction of sp³-hybridized carbons (Fsp3) is 0.241. The number of carbonyl (C=O) groups is 1. The SMILES string of the molecule is COc1cccc(F)c1CN1CCC[C@@H](NC(=O)c2ccc3[nH]nc(-c4ccc5sccc5c4)c3c2)C1. The van der Waals surface area contributed by atoms with Crippen LogP contribution in [0.4, 0.5) is 4.39 Å². The van der Waals surface area contributed by atoms with E-state index in [1.54, 1.807) is 30.6 Å². The number of halogens is 1. The quantitative estimate of drug-likeness (QED) is 0.292. The summed E-state index contributed by atoms with van der Waals surface area (Å²) in [5.74, 6) is 0.166. The lowest BCUT2D eigenvalue weighted by Crippen LogP contribution is -2.47. The fourth-order valence-electron chi connectivity index (χ4n) is 5.18. The molecule has 6 rings (SSSR count). The number of carbonyl (C=O) groups excluding carboxylic acids is 1. The predicted molar refractivity (Wildman–Crippen MR) is 146 cm³/mol. The van der Waals surface area contributed by atoms with Crippen LogP contribution >= 0.6 is 11.3 Å². The van der Waals surface area contributed by atoms with E-state index in [-0.39, 0.29) is 17.8 Å². The number of likely N-dealkylation sites (tertiary alicyclic amines) is 1. The number of rotatable bonds is 6. The third kappa shape index (κ3) is 4.70. The molecule has 3 heterocycles. The number of thiophene rings is 1. The molecule has 1 saturated heterocycles. The van der Waals surface area contributed by atoms with Crippen molar-refractivity contribution in [2.45, 2.75) is 25.4 Å². The minimum absolute atomic E-state index is 0.0143. The van der Waals surface area contributed by atoms with Crippen LogP contribution in [-0.2, 0) is 6.54 Å². The zero-order valence-electron chi connectivity index (χ0n) is 20.5. The number of aromatic amines is 1. The molecule has 1 aliphatic rings. The van der Waals surface area contributed by atoms with Crippen LogP contribution < -0.4 is 10.1 Å². The van der Waals surface area contributed by atoms with Crippen molar-refractivity contribution in [3.05, 3.63) is 83.0 Å². The maximum Gasteiger partial charge on any atom is 0.251 e. The number of ether oxygens (including phenoxy) is 1. The van der Waals surface area contributed by atoms with Crippen LogP contribution in [0.3, 0.4) is 0 Å². The summed E-state index contributed by atoms with van der Waals surface area (Å²) < 4.78 is 21.0. The van der Waals surface area contributed by atoms with Crippen molar-refractivity contribution in [1.29, 1.82) is 0 Å². The zero-order valence-corrected chi connectivity index (χ0v) is 21.3. The number of hydrogen-bond donors (Lipinski definition) is 2. The van der Waals surface area contributed by atoms with Crippen molar-refractivity contribution in [1.82, 2.24) is 20.4 Å². The molecule has 3 aromatic carbocycles. The summed E-state index contributed by atoms with van der Waals surface area (Å²) in [5, 5.41) is 15.0. The molecule has 0 bridgehead atoms. The minimum Gasteiger partial charge on any atom is -0.496 e. The van der Waals surface area contributed by atoms with Gasteiger partial charge in [-0.3, -0.25) is 14.8 Å². The topological polar surface area (TPSA) is 70.2 Å². The molecule has 0 radical (unpaired) electrons. The van der Waals surface area contributed by atoms with Crippen molar-refractivity contribution in [3.63, 3.8) is 0 Å². The molecule has 0 spiro atoms. The Kier molecular flexibility index (Phi) is 6.36. The second-order valence-corrected chi connectivity index (χ2v) is 10.4. The van der Waals surface area contributed by atoms with Gasteiger partial charge in [0.05, 0.1) is 18.3 Å². The number of H-pyrrole nitrogens is 1. The zero-order chi connectivity index (χ0) is 25.4. The van der Waals surface area contributed by atoms with E-state index in [1.807, 2.05) is 18.2 Å². The van der Waals surface area contributed by atoms with E-state index in [0.29, 0.717) is 30.0 Å². The molecule has 2 N–H and O–H groups in total. The number of nitrogens with zero attached hydrogens (tertiary/aromatic N) is 2. The maximum atomic E-state index is 14.5. The van der Waals surface area contributed by atoms with Gasteiger partial charge in [-0.2, -0.15) is 5.10 Å². The van der Waals surface area contributed by atoms with Gasteiger partial charge in [0.2, 0.25) is 0 Å². The summed E-state index contributed by atoms with van der Waals surface area (Å²) in [6, 6.07) is 18.9. The van der Waals surface area contributed by atoms with E-state index >= 15 is 0 Å². The summed E-state index contributed by atoms with van der Waals surface area (Å²) in [7, 11) is 1.56. The van der Waals surface area contributed by atoms with E-state index in [4.69, 9.17) is 4.74 Å². The van der Waals surface area contributed by atoms with Gasteiger partial charge < -0.3 is 10.1 Å². The molecule has 37 heavy (non-hydrogen) atoms. The summed E-state index contributed by atoms with van der Waals surface area (Å²) >= 11 is 1.71. The van der Waals surface area contributed by atoms with Crippen LogP contribution in [0, 0.1) is 5.82 Å². The molecule has 1 amide bonds. The summed E-state index contributed by atoms with van der Waals surface area (Å²) in [4.78, 5) is 15.4. The van der Waals surface area contributed by atoms with Gasteiger partial charge in [-0.15, -0.1) is 11.3 Å². The Balaban J connectivity index is 1.19. The van der Waals surface area contributed by atoms with Gasteiger partial charge in [-0.1, -0.05) is 12.1 Å². The average molecular weight is 515 g/mol. The highest BCUT2D eigenvalue weighted by molar-refractivity contribution is 7.17. The van der Waals surface area contributed by atoms with Crippen molar-refractivity contribution < 1.29 is 13.9 Å². The van der Waals surface area contributed by atoms with Crippen LogP contribution in [0.1, 0.15) is 28.8 Å². The molecule has 0 saturated carbocycles.